The van der Waals surface area contributed by atoms with Gasteiger partial charge in [0.2, 0.25) is 5.95 Å². The van der Waals surface area contributed by atoms with Crippen molar-refractivity contribution in [1.29, 1.82) is 0 Å². The summed E-state index contributed by atoms with van der Waals surface area (Å²) >= 11 is 1.60. The first-order valence-electron chi connectivity index (χ1n) is 13.7. The third kappa shape index (κ3) is 4.99. The van der Waals surface area contributed by atoms with Crippen LogP contribution >= 0.6 is 11.3 Å². The highest BCUT2D eigenvalue weighted by molar-refractivity contribution is 7.21. The molecule has 3 fully saturated rings. The molecule has 10 heteroatoms. The van der Waals surface area contributed by atoms with E-state index >= 15 is 0 Å². The number of aliphatic hydroxyl groups excluding tert-OH is 1. The van der Waals surface area contributed by atoms with Gasteiger partial charge >= 0.3 is 0 Å². The van der Waals surface area contributed by atoms with Crippen molar-refractivity contribution in [3.05, 3.63) is 24.2 Å². The van der Waals surface area contributed by atoms with Crippen molar-refractivity contribution in [3.63, 3.8) is 0 Å². The van der Waals surface area contributed by atoms with Gasteiger partial charge in [0.25, 0.3) is 0 Å². The van der Waals surface area contributed by atoms with Crippen molar-refractivity contribution >= 4 is 33.3 Å². The number of hydrogen-bond acceptors (Lipinski definition) is 10. The molecule has 0 spiro atoms. The van der Waals surface area contributed by atoms with E-state index in [4.69, 9.17) is 24.4 Å². The SMILES string of the molecule is Cc1nc(NCC(C)(C)CC2CC2)nc(N[C@]23CC[C@H](CO)[C@H]2OC(C)(C)O3)c1-c1nc2cnccc2s1. The predicted molar refractivity (Wildman–Crippen MR) is 149 cm³/mol. The Labute approximate surface area is 227 Å². The number of aromatic nitrogens is 4. The standard InChI is InChI=1S/C28H38N6O3S/c1-16-21(24-32-19-13-29-11-9-20(19)38-24)23(33-25(31-16)30-15-26(2,3)12-17-6-7-17)34-28-10-8-18(14-35)22(28)36-27(4,5)37-28/h9,11,13,17-18,22,35H,6-8,10,12,14-15H2,1-5H3,(H2,30,31,33,34)/t18-,22-,28+/m1/s1. The third-order valence-corrected chi connectivity index (χ3v) is 8.99. The summed E-state index contributed by atoms with van der Waals surface area (Å²) in [5, 5.41) is 18.1. The van der Waals surface area contributed by atoms with E-state index in [-0.39, 0.29) is 24.0 Å². The average molecular weight is 539 g/mol. The Morgan fingerprint density at radius 3 is 2.74 bits per heavy atom. The van der Waals surface area contributed by atoms with Crippen LogP contribution in [0, 0.1) is 24.2 Å². The second-order valence-electron chi connectivity index (χ2n) is 12.4. The Morgan fingerprint density at radius 2 is 2.00 bits per heavy atom. The van der Waals surface area contributed by atoms with Crippen molar-refractivity contribution in [3.8, 4) is 10.6 Å². The second kappa shape index (κ2) is 9.36. The molecule has 0 unspecified atom stereocenters. The van der Waals surface area contributed by atoms with Gasteiger partial charge in [-0.15, -0.1) is 11.3 Å². The van der Waals surface area contributed by atoms with Gasteiger partial charge in [-0.25, -0.2) is 9.97 Å². The molecule has 3 N–H and O–H groups in total. The summed E-state index contributed by atoms with van der Waals surface area (Å²) in [7, 11) is 0. The third-order valence-electron chi connectivity index (χ3n) is 7.93. The number of nitrogens with one attached hydrogen (secondary N) is 2. The largest absolute Gasteiger partial charge is 0.396 e. The maximum absolute atomic E-state index is 10.1. The normalized spacial score (nSPS) is 26.6. The van der Waals surface area contributed by atoms with Gasteiger partial charge in [-0.3, -0.25) is 4.98 Å². The molecule has 0 radical (unpaired) electrons. The highest BCUT2D eigenvalue weighted by Crippen LogP contribution is 2.50. The minimum Gasteiger partial charge on any atom is -0.396 e. The molecule has 38 heavy (non-hydrogen) atoms. The smallest absolute Gasteiger partial charge is 0.224 e. The second-order valence-corrected chi connectivity index (χ2v) is 13.5. The molecule has 0 aromatic carbocycles. The van der Waals surface area contributed by atoms with Crippen LogP contribution in [0.5, 0.6) is 0 Å². The molecule has 4 heterocycles. The number of pyridine rings is 1. The molecule has 1 aliphatic heterocycles. The maximum atomic E-state index is 10.1. The lowest BCUT2D eigenvalue weighted by molar-refractivity contribution is -0.168. The van der Waals surface area contributed by atoms with Crippen molar-refractivity contribution in [2.75, 3.05) is 23.8 Å². The Hall–Kier alpha value is -2.40. The van der Waals surface area contributed by atoms with Gasteiger partial charge in [0, 0.05) is 25.3 Å². The number of anilines is 2. The fraction of sp³-hybridized carbons (Fsp3) is 0.643. The minimum atomic E-state index is -0.798. The average Bonchev–Trinajstić information content (AvgIpc) is 3.34. The zero-order valence-corrected chi connectivity index (χ0v) is 23.7. The Bertz CT molecular complexity index is 1310. The topological polar surface area (TPSA) is 114 Å². The maximum Gasteiger partial charge on any atom is 0.224 e. The molecule has 0 amide bonds. The fourth-order valence-corrected chi connectivity index (χ4v) is 7.10. The van der Waals surface area contributed by atoms with E-state index in [1.165, 1.54) is 19.3 Å². The number of hydrogen-bond donors (Lipinski definition) is 3. The molecular formula is C28H38N6O3S. The Balaban J connectivity index is 1.38. The van der Waals surface area contributed by atoms with Crippen molar-refractivity contribution in [2.24, 2.45) is 17.3 Å². The summed E-state index contributed by atoms with van der Waals surface area (Å²) in [6.45, 7) is 11.3. The first kappa shape index (κ1) is 25.9. The van der Waals surface area contributed by atoms with Crippen LogP contribution in [0.3, 0.4) is 0 Å². The molecule has 3 aliphatic rings. The molecule has 9 nitrogen and oxygen atoms in total. The van der Waals surface area contributed by atoms with Crippen LogP contribution in [0.4, 0.5) is 11.8 Å². The number of aliphatic hydroxyl groups is 1. The molecular weight excluding hydrogens is 500 g/mol. The molecule has 2 saturated carbocycles. The van der Waals surface area contributed by atoms with E-state index in [9.17, 15) is 5.11 Å². The van der Waals surface area contributed by atoms with Crippen LogP contribution in [0.2, 0.25) is 0 Å². The summed E-state index contributed by atoms with van der Waals surface area (Å²) < 4.78 is 13.9. The van der Waals surface area contributed by atoms with Crippen LogP contribution in [-0.4, -0.2) is 55.8 Å². The summed E-state index contributed by atoms with van der Waals surface area (Å²) in [5.41, 5.74) is 1.89. The highest BCUT2D eigenvalue weighted by Gasteiger charge is 2.60. The minimum absolute atomic E-state index is 0.00926. The van der Waals surface area contributed by atoms with E-state index in [1.54, 1.807) is 23.7 Å². The number of ether oxygens (including phenoxy) is 2. The van der Waals surface area contributed by atoms with Crippen molar-refractivity contribution < 1.29 is 14.6 Å². The quantitative estimate of drug-likeness (QED) is 0.331. The molecule has 0 bridgehead atoms. The van der Waals surface area contributed by atoms with Crippen molar-refractivity contribution in [1.82, 2.24) is 19.9 Å². The number of thiazole rings is 1. The summed E-state index contributed by atoms with van der Waals surface area (Å²) in [5.74, 6) is 1.32. The molecule has 3 aromatic heterocycles. The van der Waals surface area contributed by atoms with Gasteiger partial charge in [0.1, 0.15) is 22.4 Å². The zero-order chi connectivity index (χ0) is 26.7. The lowest BCUT2D eigenvalue weighted by Gasteiger charge is -2.31. The molecule has 6 rings (SSSR count). The predicted octanol–water partition coefficient (Wildman–Crippen LogP) is 5.36. The molecule has 1 saturated heterocycles. The van der Waals surface area contributed by atoms with Crippen LogP contribution < -0.4 is 10.6 Å². The lowest BCUT2D eigenvalue weighted by atomic mass is 9.87. The first-order chi connectivity index (χ1) is 18.1. The number of nitrogens with zero attached hydrogens (tertiary/aromatic N) is 4. The van der Waals surface area contributed by atoms with Gasteiger partial charge in [0.15, 0.2) is 11.5 Å². The molecule has 204 valence electrons. The van der Waals surface area contributed by atoms with E-state index < -0.39 is 11.5 Å². The summed E-state index contributed by atoms with van der Waals surface area (Å²) in [6, 6.07) is 1.98. The Morgan fingerprint density at radius 1 is 1.18 bits per heavy atom. The van der Waals surface area contributed by atoms with Crippen molar-refractivity contribution in [2.45, 2.75) is 84.3 Å². The van der Waals surface area contributed by atoms with Gasteiger partial charge in [-0.05, 0) is 57.4 Å². The van der Waals surface area contributed by atoms with E-state index in [2.05, 4.69) is 29.5 Å². The van der Waals surface area contributed by atoms with E-state index in [1.807, 2.05) is 26.8 Å². The molecule has 3 atom stereocenters. The Kier molecular flexibility index (Phi) is 6.37. The molecule has 3 aromatic rings. The van der Waals surface area contributed by atoms with Gasteiger partial charge in [-0.2, -0.15) is 4.98 Å². The highest BCUT2D eigenvalue weighted by atomic mass is 32.1. The van der Waals surface area contributed by atoms with Crippen LogP contribution in [0.15, 0.2) is 18.5 Å². The fourth-order valence-electron chi connectivity index (χ4n) is 6.07. The monoisotopic (exact) mass is 538 g/mol. The van der Waals surface area contributed by atoms with Crippen LogP contribution in [0.1, 0.15) is 65.5 Å². The van der Waals surface area contributed by atoms with Gasteiger partial charge in [0.05, 0.1) is 22.2 Å². The number of aryl methyl sites for hydroxylation is 1. The van der Waals surface area contributed by atoms with Gasteiger partial charge < -0.3 is 25.2 Å². The van der Waals surface area contributed by atoms with E-state index in [0.717, 1.165) is 45.4 Å². The summed E-state index contributed by atoms with van der Waals surface area (Å²) in [4.78, 5) is 19.0. The van der Waals surface area contributed by atoms with Gasteiger partial charge in [-0.1, -0.05) is 26.7 Å². The first-order valence-corrected chi connectivity index (χ1v) is 14.5. The van der Waals surface area contributed by atoms with Crippen LogP contribution in [0.25, 0.3) is 20.8 Å². The number of rotatable bonds is 9. The van der Waals surface area contributed by atoms with Crippen LogP contribution in [-0.2, 0) is 9.47 Å². The summed E-state index contributed by atoms with van der Waals surface area (Å²) in [6.07, 6.45) is 8.67. The molecule has 2 aliphatic carbocycles. The van der Waals surface area contributed by atoms with E-state index in [0.29, 0.717) is 18.2 Å². The number of fused-ring (bicyclic) bond motifs is 2. The zero-order valence-electron chi connectivity index (χ0n) is 22.9. The lowest BCUT2D eigenvalue weighted by Crippen LogP contribution is -2.46.